The summed E-state index contributed by atoms with van der Waals surface area (Å²) in [6.07, 6.45) is 2.91. The summed E-state index contributed by atoms with van der Waals surface area (Å²) in [4.78, 5) is 11.8. The van der Waals surface area contributed by atoms with Crippen molar-refractivity contribution in [1.82, 2.24) is 0 Å². The van der Waals surface area contributed by atoms with Gasteiger partial charge in [-0.05, 0) is 25.1 Å². The molecule has 0 aliphatic heterocycles. The normalized spacial score (nSPS) is 9.27. The van der Waals surface area contributed by atoms with Gasteiger partial charge in [-0.2, -0.15) is 0 Å². The molecule has 0 saturated heterocycles. The number of carbonyl (C=O) groups is 1. The van der Waals surface area contributed by atoms with Crippen LogP contribution in [0.2, 0.25) is 0 Å². The Morgan fingerprint density at radius 3 is 2.00 bits per heavy atom. The van der Waals surface area contributed by atoms with Crippen LogP contribution in [0.4, 0.5) is 5.69 Å². The Morgan fingerprint density at radius 2 is 1.80 bits per heavy atom. The van der Waals surface area contributed by atoms with E-state index < -0.39 is 5.91 Å². The third kappa shape index (κ3) is 7.31. The molecule has 82 valence electrons. The first-order valence-electron chi connectivity index (χ1n) is 4.72. The van der Waals surface area contributed by atoms with Gasteiger partial charge in [-0.25, -0.2) is 0 Å². The van der Waals surface area contributed by atoms with E-state index in [1.54, 1.807) is 13.0 Å². The number of hydrogen-bond acceptors (Lipinski definition) is 2. The molecule has 3 nitrogen and oxygen atoms in total. The first-order chi connectivity index (χ1) is 7.07. The predicted octanol–water partition coefficient (Wildman–Crippen LogP) is 1.80. The number of anilines is 1. The zero-order valence-corrected chi connectivity index (χ0v) is 9.47. The molecule has 0 bridgehead atoms. The lowest BCUT2D eigenvalue weighted by Crippen LogP contribution is -2.07. The minimum absolute atomic E-state index is 0.391. The molecule has 0 spiro atoms. The van der Waals surface area contributed by atoms with E-state index in [9.17, 15) is 4.79 Å². The molecule has 1 aromatic rings. The van der Waals surface area contributed by atoms with E-state index in [2.05, 4.69) is 22.8 Å². The number of nitrogens with two attached hydrogens (primary N) is 1. The second kappa shape index (κ2) is 7.62. The zero-order chi connectivity index (χ0) is 11.7. The first kappa shape index (κ1) is 13.2. The smallest absolute Gasteiger partial charge is 0.241 e. The number of allylic oxidation sites excluding steroid dienone is 1. The van der Waals surface area contributed by atoms with Crippen molar-refractivity contribution >= 4 is 11.6 Å². The topological polar surface area (TPSA) is 46.3 Å². The van der Waals surface area contributed by atoms with Gasteiger partial charge >= 0.3 is 0 Å². The molecule has 0 heterocycles. The molecule has 1 rings (SSSR count). The fraction of sp³-hybridized carbons (Fsp3) is 0.250. The van der Waals surface area contributed by atoms with E-state index in [1.165, 1.54) is 11.8 Å². The number of rotatable bonds is 2. The molecule has 0 aliphatic carbocycles. The van der Waals surface area contributed by atoms with Crippen LogP contribution in [0.5, 0.6) is 0 Å². The van der Waals surface area contributed by atoms with Crippen molar-refractivity contribution in [2.45, 2.75) is 6.92 Å². The van der Waals surface area contributed by atoms with Crippen molar-refractivity contribution in [1.29, 1.82) is 0 Å². The summed E-state index contributed by atoms with van der Waals surface area (Å²) in [6, 6.07) is 10.3. The van der Waals surface area contributed by atoms with E-state index in [0.717, 1.165) is 0 Å². The number of para-hydroxylation sites is 1. The van der Waals surface area contributed by atoms with E-state index in [1.807, 2.05) is 32.3 Å². The van der Waals surface area contributed by atoms with Gasteiger partial charge in [0.15, 0.2) is 0 Å². The molecular weight excluding hydrogens is 188 g/mol. The summed E-state index contributed by atoms with van der Waals surface area (Å²) in [5, 5.41) is 0. The maximum absolute atomic E-state index is 9.73. The van der Waals surface area contributed by atoms with Crippen molar-refractivity contribution in [3.05, 3.63) is 42.5 Å². The quantitative estimate of drug-likeness (QED) is 0.750. The summed E-state index contributed by atoms with van der Waals surface area (Å²) in [6.45, 7) is 1.74. The van der Waals surface area contributed by atoms with Crippen molar-refractivity contribution < 1.29 is 4.79 Å². The molecule has 1 aromatic carbocycles. The minimum atomic E-state index is -0.391. The molecule has 3 heteroatoms. The highest BCUT2D eigenvalue weighted by molar-refractivity contribution is 5.85. The predicted molar refractivity (Wildman–Crippen MR) is 64.8 cm³/mol. The van der Waals surface area contributed by atoms with Crippen LogP contribution >= 0.6 is 0 Å². The third-order valence-corrected chi connectivity index (χ3v) is 1.60. The number of hydrogen-bond donors (Lipinski definition) is 1. The lowest BCUT2D eigenvalue weighted by molar-refractivity contribution is -0.113. The standard InChI is InChI=1S/C8H11N.C4H7NO/c1-9(2)8-6-4-3-5-7-8;1-2-3-4(5)6/h3-7H,1-2H3;2-3H,1H3,(H2,5,6). The van der Waals surface area contributed by atoms with Crippen LogP contribution in [0.25, 0.3) is 0 Å². The molecule has 0 unspecified atom stereocenters. The van der Waals surface area contributed by atoms with Gasteiger partial charge in [0.2, 0.25) is 5.91 Å². The maximum Gasteiger partial charge on any atom is 0.241 e. The fourth-order valence-electron chi connectivity index (χ4n) is 0.890. The van der Waals surface area contributed by atoms with Crippen molar-refractivity contribution in [2.24, 2.45) is 5.73 Å². The molecule has 0 aromatic heterocycles. The Labute approximate surface area is 91.2 Å². The van der Waals surface area contributed by atoms with Gasteiger partial charge in [0.05, 0.1) is 0 Å². The first-order valence-corrected chi connectivity index (χ1v) is 4.72. The molecule has 0 atom stereocenters. The van der Waals surface area contributed by atoms with E-state index in [0.29, 0.717) is 0 Å². The molecule has 0 saturated carbocycles. The lowest BCUT2D eigenvalue weighted by Gasteiger charge is -2.10. The van der Waals surface area contributed by atoms with Gasteiger partial charge in [0.25, 0.3) is 0 Å². The average molecular weight is 206 g/mol. The molecule has 0 fully saturated rings. The summed E-state index contributed by atoms with van der Waals surface area (Å²) >= 11 is 0. The number of benzene rings is 1. The van der Waals surface area contributed by atoms with Crippen LogP contribution in [0.15, 0.2) is 42.5 Å². The summed E-state index contributed by atoms with van der Waals surface area (Å²) in [7, 11) is 4.07. The average Bonchev–Trinajstić information content (AvgIpc) is 2.20. The highest BCUT2D eigenvalue weighted by atomic mass is 16.1. The van der Waals surface area contributed by atoms with Gasteiger partial charge in [0, 0.05) is 19.8 Å². The van der Waals surface area contributed by atoms with E-state index in [4.69, 9.17) is 0 Å². The highest BCUT2D eigenvalue weighted by Gasteiger charge is 1.87. The Kier molecular flexibility index (Phi) is 6.72. The highest BCUT2D eigenvalue weighted by Crippen LogP contribution is 2.07. The SMILES string of the molecule is CC=CC(N)=O.CN(C)c1ccccc1. The van der Waals surface area contributed by atoms with Crippen molar-refractivity contribution in [3.8, 4) is 0 Å². The van der Waals surface area contributed by atoms with Gasteiger partial charge in [-0.1, -0.05) is 24.3 Å². The monoisotopic (exact) mass is 206 g/mol. The van der Waals surface area contributed by atoms with Gasteiger partial charge in [0.1, 0.15) is 0 Å². The summed E-state index contributed by atoms with van der Waals surface area (Å²) < 4.78 is 0. The Bertz CT molecular complexity index is 305. The van der Waals surface area contributed by atoms with Crippen molar-refractivity contribution in [3.63, 3.8) is 0 Å². The second-order valence-corrected chi connectivity index (χ2v) is 3.13. The molecule has 0 aliphatic rings. The Morgan fingerprint density at radius 1 is 1.27 bits per heavy atom. The summed E-state index contributed by atoms with van der Waals surface area (Å²) in [5.41, 5.74) is 5.92. The Hall–Kier alpha value is -1.77. The molecule has 2 N–H and O–H groups in total. The number of primary amides is 1. The van der Waals surface area contributed by atoms with Crippen LogP contribution in [0.1, 0.15) is 6.92 Å². The maximum atomic E-state index is 9.73. The van der Waals surface area contributed by atoms with Crippen LogP contribution in [-0.4, -0.2) is 20.0 Å². The van der Waals surface area contributed by atoms with Crippen LogP contribution in [0.3, 0.4) is 0 Å². The number of carbonyl (C=O) groups excluding carboxylic acids is 1. The van der Waals surface area contributed by atoms with Gasteiger partial charge < -0.3 is 10.6 Å². The van der Waals surface area contributed by atoms with Crippen LogP contribution < -0.4 is 10.6 Å². The Balaban J connectivity index is 0.000000288. The molecule has 1 amide bonds. The molecule has 0 radical (unpaired) electrons. The number of nitrogens with zero attached hydrogens (tertiary/aromatic N) is 1. The molecule has 15 heavy (non-hydrogen) atoms. The van der Waals surface area contributed by atoms with Gasteiger partial charge in [-0.15, -0.1) is 0 Å². The zero-order valence-electron chi connectivity index (χ0n) is 9.47. The van der Waals surface area contributed by atoms with Crippen LogP contribution in [-0.2, 0) is 4.79 Å². The lowest BCUT2D eigenvalue weighted by atomic mass is 10.3. The second-order valence-electron chi connectivity index (χ2n) is 3.13. The minimum Gasteiger partial charge on any atom is -0.378 e. The fourth-order valence-corrected chi connectivity index (χ4v) is 0.890. The van der Waals surface area contributed by atoms with Crippen LogP contribution in [0, 0.1) is 0 Å². The summed E-state index contributed by atoms with van der Waals surface area (Å²) in [5.74, 6) is -0.391. The largest absolute Gasteiger partial charge is 0.378 e. The number of amides is 1. The molecular formula is C12H18N2O. The van der Waals surface area contributed by atoms with E-state index in [-0.39, 0.29) is 0 Å². The third-order valence-electron chi connectivity index (χ3n) is 1.60. The van der Waals surface area contributed by atoms with Gasteiger partial charge in [-0.3, -0.25) is 4.79 Å². The van der Waals surface area contributed by atoms with E-state index >= 15 is 0 Å². The van der Waals surface area contributed by atoms with Crippen molar-refractivity contribution in [2.75, 3.05) is 19.0 Å².